The topological polar surface area (TPSA) is 28.9 Å². The SMILES string of the molecule is CC(C)(C)c1ccc(-c2cccc3c2oc2c(-c4ccc5[nH]c6ccccc6c5c4)cccc23)cc1. The minimum atomic E-state index is 0.130. The molecule has 2 heteroatoms. The van der Waals surface area contributed by atoms with Crippen molar-refractivity contribution in [2.45, 2.75) is 26.2 Å². The second-order valence-corrected chi connectivity index (χ2v) is 10.7. The van der Waals surface area contributed by atoms with E-state index in [1.807, 2.05) is 0 Å². The fraction of sp³-hybridized carbons (Fsp3) is 0.118. The van der Waals surface area contributed by atoms with Crippen molar-refractivity contribution in [3.05, 3.63) is 109 Å². The number of hydrogen-bond donors (Lipinski definition) is 1. The molecule has 36 heavy (non-hydrogen) atoms. The first kappa shape index (κ1) is 21.0. The lowest BCUT2D eigenvalue weighted by atomic mass is 9.86. The maximum atomic E-state index is 6.69. The Morgan fingerprint density at radius 1 is 0.528 bits per heavy atom. The molecule has 0 aliphatic carbocycles. The molecule has 0 saturated carbocycles. The van der Waals surface area contributed by atoms with E-state index in [0.29, 0.717) is 0 Å². The van der Waals surface area contributed by atoms with Gasteiger partial charge in [-0.2, -0.15) is 0 Å². The fourth-order valence-electron chi connectivity index (χ4n) is 5.44. The van der Waals surface area contributed by atoms with Gasteiger partial charge in [0.2, 0.25) is 0 Å². The highest BCUT2D eigenvalue weighted by molar-refractivity contribution is 6.14. The molecule has 7 rings (SSSR count). The molecule has 2 heterocycles. The Kier molecular flexibility index (Phi) is 4.44. The first-order valence-corrected chi connectivity index (χ1v) is 12.5. The summed E-state index contributed by atoms with van der Waals surface area (Å²) in [6, 6.07) is 36.9. The first-order valence-electron chi connectivity index (χ1n) is 12.5. The Labute approximate surface area is 210 Å². The van der Waals surface area contributed by atoms with Crippen LogP contribution < -0.4 is 0 Å². The van der Waals surface area contributed by atoms with Crippen LogP contribution in [0.3, 0.4) is 0 Å². The highest BCUT2D eigenvalue weighted by Crippen LogP contribution is 2.41. The largest absolute Gasteiger partial charge is 0.455 e. The Morgan fingerprint density at radius 3 is 1.81 bits per heavy atom. The number of H-pyrrole nitrogens is 1. The minimum Gasteiger partial charge on any atom is -0.455 e. The maximum Gasteiger partial charge on any atom is 0.143 e. The van der Waals surface area contributed by atoms with Crippen molar-refractivity contribution < 1.29 is 4.42 Å². The van der Waals surface area contributed by atoms with E-state index in [1.165, 1.54) is 21.9 Å². The summed E-state index contributed by atoms with van der Waals surface area (Å²) in [5, 5.41) is 4.77. The van der Waals surface area contributed by atoms with Gasteiger partial charge >= 0.3 is 0 Å². The van der Waals surface area contributed by atoms with Crippen LogP contribution in [0.15, 0.2) is 108 Å². The Balaban J connectivity index is 1.43. The van der Waals surface area contributed by atoms with Crippen LogP contribution in [-0.4, -0.2) is 4.98 Å². The number of aromatic nitrogens is 1. The van der Waals surface area contributed by atoms with E-state index in [9.17, 15) is 0 Å². The molecule has 5 aromatic carbocycles. The molecule has 0 radical (unpaired) electrons. The summed E-state index contributed by atoms with van der Waals surface area (Å²) in [6.45, 7) is 6.74. The van der Waals surface area contributed by atoms with Crippen LogP contribution in [0, 0.1) is 0 Å². The van der Waals surface area contributed by atoms with E-state index < -0.39 is 0 Å². The van der Waals surface area contributed by atoms with Crippen molar-refractivity contribution in [1.82, 2.24) is 4.98 Å². The summed E-state index contributed by atoms with van der Waals surface area (Å²) in [4.78, 5) is 3.53. The van der Waals surface area contributed by atoms with Gasteiger partial charge in [0.05, 0.1) is 0 Å². The van der Waals surface area contributed by atoms with Gasteiger partial charge in [-0.25, -0.2) is 0 Å². The lowest BCUT2D eigenvalue weighted by molar-refractivity contribution is 0.590. The standard InChI is InChI=1S/C34H27NO/c1-34(2,3)23-17-14-21(15-18-23)24-9-6-11-27-28-12-7-10-25(33(28)36-32(24)27)22-16-19-31-29(20-22)26-8-4-5-13-30(26)35-31/h4-20,35H,1-3H3. The van der Waals surface area contributed by atoms with Crippen molar-refractivity contribution in [3.63, 3.8) is 0 Å². The van der Waals surface area contributed by atoms with Gasteiger partial charge in [-0.05, 0) is 40.3 Å². The number of aromatic amines is 1. The average Bonchev–Trinajstić information content (AvgIpc) is 3.46. The quantitative estimate of drug-likeness (QED) is 0.270. The van der Waals surface area contributed by atoms with E-state index in [1.54, 1.807) is 0 Å². The lowest BCUT2D eigenvalue weighted by Gasteiger charge is -2.19. The third kappa shape index (κ3) is 3.18. The number of benzene rings is 5. The van der Waals surface area contributed by atoms with Crippen LogP contribution in [0.25, 0.3) is 66.0 Å². The molecule has 174 valence electrons. The zero-order valence-corrected chi connectivity index (χ0v) is 20.7. The Morgan fingerprint density at radius 2 is 1.11 bits per heavy atom. The number of furan rings is 1. The highest BCUT2D eigenvalue weighted by Gasteiger charge is 2.17. The van der Waals surface area contributed by atoms with E-state index >= 15 is 0 Å². The minimum absolute atomic E-state index is 0.130. The smallest absolute Gasteiger partial charge is 0.143 e. The summed E-state index contributed by atoms with van der Waals surface area (Å²) in [6.07, 6.45) is 0. The number of para-hydroxylation sites is 3. The molecule has 0 fully saturated rings. The second kappa shape index (κ2) is 7.60. The van der Waals surface area contributed by atoms with Gasteiger partial charge in [0.1, 0.15) is 11.2 Å². The van der Waals surface area contributed by atoms with Gasteiger partial charge < -0.3 is 9.40 Å². The summed E-state index contributed by atoms with van der Waals surface area (Å²) >= 11 is 0. The first-order chi connectivity index (χ1) is 17.5. The monoisotopic (exact) mass is 465 g/mol. The molecule has 0 aliphatic heterocycles. The van der Waals surface area contributed by atoms with Crippen LogP contribution in [0.4, 0.5) is 0 Å². The van der Waals surface area contributed by atoms with Crippen LogP contribution in [0.2, 0.25) is 0 Å². The molecule has 7 aromatic rings. The molecule has 2 nitrogen and oxygen atoms in total. The van der Waals surface area contributed by atoms with Crippen LogP contribution in [0.1, 0.15) is 26.3 Å². The van der Waals surface area contributed by atoms with E-state index in [0.717, 1.165) is 49.7 Å². The molecule has 0 amide bonds. The molecular formula is C34H27NO. The van der Waals surface area contributed by atoms with Crippen molar-refractivity contribution in [2.75, 3.05) is 0 Å². The van der Waals surface area contributed by atoms with Crippen LogP contribution >= 0.6 is 0 Å². The van der Waals surface area contributed by atoms with Crippen molar-refractivity contribution in [2.24, 2.45) is 0 Å². The van der Waals surface area contributed by atoms with E-state index in [2.05, 4.69) is 129 Å². The average molecular weight is 466 g/mol. The summed E-state index contributed by atoms with van der Waals surface area (Å²) < 4.78 is 6.69. The van der Waals surface area contributed by atoms with E-state index in [-0.39, 0.29) is 5.41 Å². The van der Waals surface area contributed by atoms with Crippen LogP contribution in [0.5, 0.6) is 0 Å². The summed E-state index contributed by atoms with van der Waals surface area (Å²) in [7, 11) is 0. The molecule has 0 spiro atoms. The van der Waals surface area contributed by atoms with Crippen molar-refractivity contribution >= 4 is 43.7 Å². The Hall–Kier alpha value is -4.30. The zero-order valence-electron chi connectivity index (χ0n) is 20.7. The highest BCUT2D eigenvalue weighted by atomic mass is 16.3. The van der Waals surface area contributed by atoms with Crippen molar-refractivity contribution in [3.8, 4) is 22.3 Å². The molecule has 1 N–H and O–H groups in total. The van der Waals surface area contributed by atoms with Gasteiger partial charge in [-0.3, -0.25) is 0 Å². The molecule has 0 aliphatic rings. The normalized spacial score (nSPS) is 12.3. The number of nitrogens with one attached hydrogen (secondary N) is 1. The molecule has 0 atom stereocenters. The third-order valence-corrected chi connectivity index (χ3v) is 7.40. The molecule has 0 saturated heterocycles. The Bertz CT molecular complexity index is 1910. The lowest BCUT2D eigenvalue weighted by Crippen LogP contribution is -2.10. The number of hydrogen-bond acceptors (Lipinski definition) is 1. The number of rotatable bonds is 2. The van der Waals surface area contributed by atoms with E-state index in [4.69, 9.17) is 4.42 Å². The molecule has 2 aromatic heterocycles. The van der Waals surface area contributed by atoms with Gasteiger partial charge in [-0.15, -0.1) is 0 Å². The molecule has 0 unspecified atom stereocenters. The summed E-state index contributed by atoms with van der Waals surface area (Å²) in [5.74, 6) is 0. The number of fused-ring (bicyclic) bond motifs is 6. The maximum absolute atomic E-state index is 6.69. The van der Waals surface area contributed by atoms with Gasteiger partial charge in [0.25, 0.3) is 0 Å². The zero-order chi connectivity index (χ0) is 24.4. The van der Waals surface area contributed by atoms with Crippen molar-refractivity contribution in [1.29, 1.82) is 0 Å². The summed E-state index contributed by atoms with van der Waals surface area (Å²) in [5.41, 5.74) is 10.2. The van der Waals surface area contributed by atoms with Gasteiger partial charge in [-0.1, -0.05) is 106 Å². The molecule has 0 bridgehead atoms. The third-order valence-electron chi connectivity index (χ3n) is 7.40. The van der Waals surface area contributed by atoms with Crippen LogP contribution in [-0.2, 0) is 5.41 Å². The predicted molar refractivity (Wildman–Crippen MR) is 153 cm³/mol. The molecular weight excluding hydrogens is 438 g/mol. The van der Waals surface area contributed by atoms with Gasteiger partial charge in [0.15, 0.2) is 0 Å². The van der Waals surface area contributed by atoms with Gasteiger partial charge in [0, 0.05) is 43.7 Å². The second-order valence-electron chi connectivity index (χ2n) is 10.7. The predicted octanol–water partition coefficient (Wildman–Crippen LogP) is 9.85. The fourth-order valence-corrected chi connectivity index (χ4v) is 5.44.